The lowest BCUT2D eigenvalue weighted by Gasteiger charge is -2.17. The highest BCUT2D eigenvalue weighted by Crippen LogP contribution is 2.44. The fourth-order valence-corrected chi connectivity index (χ4v) is 3.93. The summed E-state index contributed by atoms with van der Waals surface area (Å²) in [6.07, 6.45) is 0. The van der Waals surface area contributed by atoms with Crippen LogP contribution in [0.1, 0.15) is 0 Å². The van der Waals surface area contributed by atoms with Crippen molar-refractivity contribution in [2.24, 2.45) is 0 Å². The van der Waals surface area contributed by atoms with Crippen molar-refractivity contribution in [3.63, 3.8) is 0 Å². The Kier molecular flexibility index (Phi) is 7.48. The predicted molar refractivity (Wildman–Crippen MR) is 110 cm³/mol. The van der Waals surface area contributed by atoms with E-state index in [1.807, 2.05) is 0 Å². The maximum Gasteiger partial charge on any atom is 0.200 e. The van der Waals surface area contributed by atoms with E-state index in [4.69, 9.17) is 0 Å². The first-order valence-electron chi connectivity index (χ1n) is 10.5. The molecule has 0 N–H and O–H groups in total. The average Bonchev–Trinajstić information content (AvgIpc) is 2.96. The van der Waals surface area contributed by atoms with E-state index in [0.29, 0.717) is 7.85 Å². The lowest BCUT2D eigenvalue weighted by molar-refractivity contribution is 0.379. The molecule has 18 heteroatoms. The summed E-state index contributed by atoms with van der Waals surface area (Å²) in [7, 11) is 0.447. The molecular weight excluding hydrogens is 622 g/mol. The highest BCUT2D eigenvalue weighted by atomic mass is 19.2. The maximum atomic E-state index is 14.9. The summed E-state index contributed by atoms with van der Waals surface area (Å²) in [6, 6.07) is 0. The molecule has 0 heterocycles. The SMILES string of the molecule is Bc1c(F)c(F)c(-c2c(F)c(F)c(-c3c(F)c(F)c(-c4c(F)c(F)c(F)c(F)c4F)c(F)c3F)c(F)c2F)c(F)c1F. The van der Waals surface area contributed by atoms with Gasteiger partial charge in [0.1, 0.15) is 7.85 Å². The summed E-state index contributed by atoms with van der Waals surface area (Å²) in [6.45, 7) is 0. The highest BCUT2D eigenvalue weighted by Gasteiger charge is 2.39. The molecule has 4 rings (SSSR count). The molecule has 220 valence electrons. The van der Waals surface area contributed by atoms with Gasteiger partial charge in [0.25, 0.3) is 0 Å². The lowest BCUT2D eigenvalue weighted by Crippen LogP contribution is -2.20. The van der Waals surface area contributed by atoms with Gasteiger partial charge in [0.05, 0.1) is 33.4 Å². The molecule has 0 nitrogen and oxygen atoms in total. The maximum absolute atomic E-state index is 14.9. The Labute approximate surface area is 221 Å². The van der Waals surface area contributed by atoms with Crippen LogP contribution in [0.3, 0.4) is 0 Å². The normalized spacial score (nSPS) is 11.5. The van der Waals surface area contributed by atoms with Crippen molar-refractivity contribution in [2.45, 2.75) is 0 Å². The molecule has 0 radical (unpaired) electrons. The Morgan fingerprint density at radius 1 is 0.190 bits per heavy atom. The van der Waals surface area contributed by atoms with Gasteiger partial charge in [0.15, 0.2) is 93.1 Å². The van der Waals surface area contributed by atoms with E-state index < -0.39 is 138 Å². The van der Waals surface area contributed by atoms with Crippen LogP contribution >= 0.6 is 0 Å². The van der Waals surface area contributed by atoms with Crippen molar-refractivity contribution >= 4 is 13.3 Å². The molecule has 0 aromatic heterocycles. The Morgan fingerprint density at radius 3 is 0.500 bits per heavy atom. The van der Waals surface area contributed by atoms with E-state index in [2.05, 4.69) is 0 Å². The number of hydrogen-bond acceptors (Lipinski definition) is 0. The van der Waals surface area contributed by atoms with Gasteiger partial charge in [-0.05, 0) is 5.46 Å². The number of benzene rings is 4. The van der Waals surface area contributed by atoms with E-state index in [1.165, 1.54) is 0 Å². The molecule has 0 bridgehead atoms. The van der Waals surface area contributed by atoms with Gasteiger partial charge in [-0.1, -0.05) is 0 Å². The largest absolute Gasteiger partial charge is 0.204 e. The number of halogens is 17. The highest BCUT2D eigenvalue weighted by molar-refractivity contribution is 6.32. The molecule has 0 aliphatic carbocycles. The smallest absolute Gasteiger partial charge is 0.200 e. The molecule has 4 aromatic rings. The Hall–Kier alpha value is -4.25. The second-order valence-electron chi connectivity index (χ2n) is 8.21. The summed E-state index contributed by atoms with van der Waals surface area (Å²) in [5.74, 6) is -49.1. The van der Waals surface area contributed by atoms with E-state index >= 15 is 0 Å². The summed E-state index contributed by atoms with van der Waals surface area (Å²) in [5, 5.41) is 0. The quantitative estimate of drug-likeness (QED) is 0.0972. The molecule has 0 aliphatic heterocycles. The van der Waals surface area contributed by atoms with Crippen LogP contribution in [0, 0.1) is 98.9 Å². The number of hydrogen-bond donors (Lipinski definition) is 0. The van der Waals surface area contributed by atoms with Gasteiger partial charge in [-0.2, -0.15) is 0 Å². The van der Waals surface area contributed by atoms with Crippen molar-refractivity contribution in [1.82, 2.24) is 0 Å². The topological polar surface area (TPSA) is 0 Å². The van der Waals surface area contributed by atoms with Gasteiger partial charge in [0.2, 0.25) is 5.82 Å². The fourth-order valence-electron chi connectivity index (χ4n) is 3.93. The monoisotopic (exact) mass is 624 g/mol. The summed E-state index contributed by atoms with van der Waals surface area (Å²) < 4.78 is 244. The van der Waals surface area contributed by atoms with E-state index in [0.717, 1.165) is 0 Å². The van der Waals surface area contributed by atoms with Crippen molar-refractivity contribution in [2.75, 3.05) is 0 Å². The van der Waals surface area contributed by atoms with E-state index in [9.17, 15) is 74.6 Å². The fraction of sp³-hybridized carbons (Fsp3) is 0. The average molecular weight is 624 g/mol. The van der Waals surface area contributed by atoms with Crippen LogP contribution in [-0.2, 0) is 0 Å². The zero-order valence-corrected chi connectivity index (χ0v) is 19.4. The zero-order valence-electron chi connectivity index (χ0n) is 19.4. The molecule has 0 saturated heterocycles. The van der Waals surface area contributed by atoms with Gasteiger partial charge >= 0.3 is 0 Å². The van der Waals surface area contributed by atoms with Crippen LogP contribution in [0.4, 0.5) is 74.6 Å². The van der Waals surface area contributed by atoms with E-state index in [-0.39, 0.29) is 0 Å². The van der Waals surface area contributed by atoms with Crippen LogP contribution in [0.15, 0.2) is 0 Å². The van der Waals surface area contributed by atoms with Gasteiger partial charge in [0, 0.05) is 0 Å². The van der Waals surface area contributed by atoms with Crippen LogP contribution < -0.4 is 5.46 Å². The molecule has 0 amide bonds. The first kappa shape index (κ1) is 30.7. The van der Waals surface area contributed by atoms with Crippen molar-refractivity contribution in [3.05, 3.63) is 98.9 Å². The molecular formula is C24H2BF17. The van der Waals surface area contributed by atoms with Crippen molar-refractivity contribution in [3.8, 4) is 33.4 Å². The first-order valence-corrected chi connectivity index (χ1v) is 10.5. The molecule has 0 aliphatic rings. The van der Waals surface area contributed by atoms with Crippen LogP contribution in [-0.4, -0.2) is 7.85 Å². The van der Waals surface area contributed by atoms with Crippen LogP contribution in [0.25, 0.3) is 33.4 Å². The van der Waals surface area contributed by atoms with Crippen molar-refractivity contribution < 1.29 is 74.6 Å². The minimum Gasteiger partial charge on any atom is -0.204 e. The summed E-state index contributed by atoms with van der Waals surface area (Å²) in [4.78, 5) is 0. The summed E-state index contributed by atoms with van der Waals surface area (Å²) in [5.41, 5.74) is -17.0. The molecule has 42 heavy (non-hydrogen) atoms. The second-order valence-corrected chi connectivity index (χ2v) is 8.21. The summed E-state index contributed by atoms with van der Waals surface area (Å²) >= 11 is 0. The van der Waals surface area contributed by atoms with Gasteiger partial charge in [-0.15, -0.1) is 0 Å². The molecule has 0 unspecified atom stereocenters. The molecule has 0 spiro atoms. The minimum absolute atomic E-state index is 0.447. The van der Waals surface area contributed by atoms with E-state index in [1.54, 1.807) is 0 Å². The van der Waals surface area contributed by atoms with Gasteiger partial charge in [-0.3, -0.25) is 0 Å². The first-order chi connectivity index (χ1) is 19.4. The molecule has 0 fully saturated rings. The van der Waals surface area contributed by atoms with Crippen LogP contribution in [0.5, 0.6) is 0 Å². The third kappa shape index (κ3) is 4.01. The Bertz CT molecular complexity index is 1610. The third-order valence-corrected chi connectivity index (χ3v) is 5.97. The third-order valence-electron chi connectivity index (χ3n) is 5.97. The zero-order chi connectivity index (χ0) is 31.9. The van der Waals surface area contributed by atoms with Crippen LogP contribution in [0.2, 0.25) is 0 Å². The van der Waals surface area contributed by atoms with Crippen molar-refractivity contribution in [1.29, 1.82) is 0 Å². The Morgan fingerprint density at radius 2 is 0.310 bits per heavy atom. The minimum atomic E-state index is -3.12. The molecule has 0 atom stereocenters. The second kappa shape index (κ2) is 10.2. The molecule has 0 saturated carbocycles. The Balaban J connectivity index is 2.11. The lowest BCUT2D eigenvalue weighted by atomic mass is 9.89. The predicted octanol–water partition coefficient (Wildman–Crippen LogP) is 7.31. The number of rotatable bonds is 3. The van der Waals surface area contributed by atoms with Gasteiger partial charge in [-0.25, -0.2) is 74.6 Å². The standard InChI is InChI=1S/C24H2BF17/c25-7-20(38)16(34)5(17(35)21(7)39)3-12(30)8(26)1(9(27)13(3)31)2-10(28)14(32)4(15(33)11(2)29)6-18(36)22(40)24(42)23(41)19(6)37/h25H2. The van der Waals surface area contributed by atoms with Gasteiger partial charge < -0.3 is 0 Å². The molecule has 4 aromatic carbocycles.